The number of Topliss-reactive ketones (excluding diaryl/α,β-unsaturated/α-hetero) is 1. The van der Waals surface area contributed by atoms with Gasteiger partial charge in [0.2, 0.25) is 0 Å². The van der Waals surface area contributed by atoms with E-state index in [4.69, 9.17) is 4.74 Å². The van der Waals surface area contributed by atoms with Crippen LogP contribution in [0.3, 0.4) is 0 Å². The van der Waals surface area contributed by atoms with Crippen molar-refractivity contribution in [2.75, 3.05) is 32.6 Å². The number of amides is 1. The van der Waals surface area contributed by atoms with Crippen molar-refractivity contribution >= 4 is 46.2 Å². The van der Waals surface area contributed by atoms with Gasteiger partial charge < -0.3 is 14.5 Å². The average molecular weight is 459 g/mol. The molecular formula is C26H26N4O4. The summed E-state index contributed by atoms with van der Waals surface area (Å²) in [5.41, 5.74) is 3.36. The Hall–Kier alpha value is -4.07. The van der Waals surface area contributed by atoms with E-state index in [0.717, 1.165) is 5.56 Å². The molecule has 0 fully saturated rings. The highest BCUT2D eigenvalue weighted by molar-refractivity contribution is 6.25. The SMILES string of the molecule is CCOC(=O)C1C=Nc2c(ccc3c(N(C)C)c(C(=O)N(C)Cc4ccccc4)cnc23)C1=O. The zero-order chi connectivity index (χ0) is 24.4. The molecule has 34 heavy (non-hydrogen) atoms. The molecule has 4 rings (SSSR count). The van der Waals surface area contributed by atoms with E-state index in [9.17, 15) is 14.4 Å². The van der Waals surface area contributed by atoms with E-state index in [2.05, 4.69) is 9.98 Å². The molecule has 3 aromatic rings. The molecule has 1 aliphatic heterocycles. The molecule has 1 aliphatic rings. The summed E-state index contributed by atoms with van der Waals surface area (Å²) in [5.74, 6) is -2.22. The monoisotopic (exact) mass is 458 g/mol. The summed E-state index contributed by atoms with van der Waals surface area (Å²) in [6.45, 7) is 2.33. The predicted octanol–water partition coefficient (Wildman–Crippen LogP) is 3.65. The van der Waals surface area contributed by atoms with Gasteiger partial charge >= 0.3 is 5.97 Å². The third-order valence-electron chi connectivity index (χ3n) is 5.71. The normalized spacial score (nSPS) is 14.6. The molecule has 1 amide bonds. The summed E-state index contributed by atoms with van der Waals surface area (Å²) in [7, 11) is 5.46. The standard InChI is InChI=1S/C26H26N4O4/c1-5-34-26(33)20-14-28-22-18(24(20)31)12-11-17-21(22)27-13-19(23(17)29(2)3)25(32)30(4)15-16-9-7-6-8-10-16/h6-14,20H,5,15H2,1-4H3. The van der Waals surface area contributed by atoms with Crippen LogP contribution in [0, 0.1) is 5.92 Å². The van der Waals surface area contributed by atoms with Gasteiger partial charge in [-0.3, -0.25) is 24.4 Å². The number of carbonyl (C=O) groups is 3. The maximum absolute atomic E-state index is 13.4. The smallest absolute Gasteiger partial charge is 0.322 e. The second-order valence-corrected chi connectivity index (χ2v) is 8.29. The first-order chi connectivity index (χ1) is 16.3. The minimum Gasteiger partial charge on any atom is -0.465 e. The summed E-state index contributed by atoms with van der Waals surface area (Å²) >= 11 is 0. The van der Waals surface area contributed by atoms with Crippen LogP contribution in [-0.4, -0.2) is 61.5 Å². The molecule has 174 valence electrons. The summed E-state index contributed by atoms with van der Waals surface area (Å²) in [6, 6.07) is 13.2. The van der Waals surface area contributed by atoms with Gasteiger partial charge in [-0.1, -0.05) is 30.3 Å². The summed E-state index contributed by atoms with van der Waals surface area (Å²) in [6.07, 6.45) is 2.84. The molecule has 0 radical (unpaired) electrons. The number of esters is 1. The number of benzene rings is 2. The van der Waals surface area contributed by atoms with Crippen LogP contribution in [0.25, 0.3) is 10.9 Å². The number of pyridine rings is 1. The van der Waals surface area contributed by atoms with Gasteiger partial charge in [0.1, 0.15) is 0 Å². The van der Waals surface area contributed by atoms with E-state index in [1.165, 1.54) is 12.4 Å². The Kier molecular flexibility index (Phi) is 6.40. The first-order valence-corrected chi connectivity index (χ1v) is 11.0. The number of hydrogen-bond acceptors (Lipinski definition) is 7. The van der Waals surface area contributed by atoms with E-state index in [-0.39, 0.29) is 18.3 Å². The second-order valence-electron chi connectivity index (χ2n) is 8.29. The Morgan fingerprint density at radius 1 is 1.06 bits per heavy atom. The maximum atomic E-state index is 13.4. The predicted molar refractivity (Wildman–Crippen MR) is 131 cm³/mol. The van der Waals surface area contributed by atoms with Crippen LogP contribution in [0.5, 0.6) is 0 Å². The molecule has 1 aromatic heterocycles. The van der Waals surface area contributed by atoms with Crippen LogP contribution < -0.4 is 4.90 Å². The minimum absolute atomic E-state index is 0.165. The molecular weight excluding hydrogens is 432 g/mol. The highest BCUT2D eigenvalue weighted by Gasteiger charge is 2.33. The van der Waals surface area contributed by atoms with Crippen molar-refractivity contribution in [1.82, 2.24) is 9.88 Å². The van der Waals surface area contributed by atoms with E-state index in [1.807, 2.05) is 49.3 Å². The molecule has 1 unspecified atom stereocenters. The number of ether oxygens (including phenoxy) is 1. The lowest BCUT2D eigenvalue weighted by molar-refractivity contribution is -0.144. The number of hydrogen-bond donors (Lipinski definition) is 0. The van der Waals surface area contributed by atoms with Crippen molar-refractivity contribution in [2.45, 2.75) is 13.5 Å². The zero-order valence-electron chi connectivity index (χ0n) is 19.6. The highest BCUT2D eigenvalue weighted by Crippen LogP contribution is 2.38. The van der Waals surface area contributed by atoms with Gasteiger partial charge in [-0.05, 0) is 24.6 Å². The first-order valence-electron chi connectivity index (χ1n) is 11.0. The zero-order valence-corrected chi connectivity index (χ0v) is 19.6. The Labute approximate surface area is 197 Å². The van der Waals surface area contributed by atoms with Gasteiger partial charge in [-0.25, -0.2) is 0 Å². The minimum atomic E-state index is -1.06. The van der Waals surface area contributed by atoms with Gasteiger partial charge in [0.25, 0.3) is 5.91 Å². The molecule has 1 atom stereocenters. The van der Waals surface area contributed by atoms with E-state index in [1.54, 1.807) is 31.0 Å². The van der Waals surface area contributed by atoms with Crippen LogP contribution >= 0.6 is 0 Å². The maximum Gasteiger partial charge on any atom is 0.322 e. The summed E-state index contributed by atoms with van der Waals surface area (Å²) in [4.78, 5) is 50.9. The lowest BCUT2D eigenvalue weighted by Gasteiger charge is -2.24. The molecule has 0 saturated heterocycles. The number of carbonyl (C=O) groups excluding carboxylic acids is 3. The first kappa shape index (κ1) is 23.1. The Balaban J connectivity index is 1.75. The van der Waals surface area contributed by atoms with Crippen molar-refractivity contribution in [3.63, 3.8) is 0 Å². The van der Waals surface area contributed by atoms with Gasteiger partial charge in [0.15, 0.2) is 11.7 Å². The van der Waals surface area contributed by atoms with Crippen LogP contribution in [-0.2, 0) is 16.1 Å². The molecule has 0 aliphatic carbocycles. The third-order valence-corrected chi connectivity index (χ3v) is 5.71. The fraction of sp³-hybridized carbons (Fsp3) is 0.269. The highest BCUT2D eigenvalue weighted by atomic mass is 16.5. The van der Waals surface area contributed by atoms with Crippen molar-refractivity contribution < 1.29 is 19.1 Å². The number of aromatic nitrogens is 1. The number of anilines is 1. The topological polar surface area (TPSA) is 92.2 Å². The number of aliphatic imine (C=N–C) groups is 1. The lowest BCUT2D eigenvalue weighted by Crippen LogP contribution is -2.30. The van der Waals surface area contributed by atoms with Crippen molar-refractivity contribution in [1.29, 1.82) is 0 Å². The van der Waals surface area contributed by atoms with Crippen LogP contribution in [0.15, 0.2) is 53.7 Å². The quantitative estimate of drug-likeness (QED) is 0.414. The van der Waals surface area contributed by atoms with Crippen molar-refractivity contribution in [3.8, 4) is 0 Å². The van der Waals surface area contributed by atoms with Crippen LogP contribution in [0.1, 0.15) is 33.2 Å². The fourth-order valence-corrected chi connectivity index (χ4v) is 4.12. The van der Waals surface area contributed by atoms with E-state index >= 15 is 0 Å². The average Bonchev–Trinajstić information content (AvgIpc) is 2.83. The number of fused-ring (bicyclic) bond motifs is 3. The van der Waals surface area contributed by atoms with Gasteiger partial charge in [-0.15, -0.1) is 0 Å². The molecule has 2 aromatic carbocycles. The fourth-order valence-electron chi connectivity index (χ4n) is 4.12. The number of rotatable bonds is 6. The number of nitrogens with zero attached hydrogens (tertiary/aromatic N) is 4. The molecule has 2 heterocycles. The Bertz CT molecular complexity index is 1300. The molecule has 8 nitrogen and oxygen atoms in total. The Morgan fingerprint density at radius 3 is 2.47 bits per heavy atom. The van der Waals surface area contributed by atoms with Gasteiger partial charge in [0.05, 0.1) is 29.1 Å². The van der Waals surface area contributed by atoms with Gasteiger partial charge in [0, 0.05) is 51.0 Å². The lowest BCUT2D eigenvalue weighted by atomic mass is 9.92. The van der Waals surface area contributed by atoms with Crippen molar-refractivity contribution in [2.24, 2.45) is 10.9 Å². The summed E-state index contributed by atoms with van der Waals surface area (Å²) < 4.78 is 5.00. The number of ketones is 1. The largest absolute Gasteiger partial charge is 0.465 e. The second kappa shape index (κ2) is 9.43. The molecule has 0 saturated carbocycles. The molecule has 0 bridgehead atoms. The Morgan fingerprint density at radius 2 is 1.79 bits per heavy atom. The summed E-state index contributed by atoms with van der Waals surface area (Å²) in [5, 5.41) is 0.697. The third kappa shape index (κ3) is 4.14. The van der Waals surface area contributed by atoms with E-state index < -0.39 is 11.9 Å². The molecule has 0 spiro atoms. The van der Waals surface area contributed by atoms with Crippen molar-refractivity contribution in [3.05, 3.63) is 65.4 Å². The van der Waals surface area contributed by atoms with E-state index in [0.29, 0.717) is 39.9 Å². The van der Waals surface area contributed by atoms with Crippen LogP contribution in [0.4, 0.5) is 11.4 Å². The molecule has 8 heteroatoms. The van der Waals surface area contributed by atoms with Gasteiger partial charge in [-0.2, -0.15) is 0 Å². The molecule has 0 N–H and O–H groups in total. The van der Waals surface area contributed by atoms with Crippen LogP contribution in [0.2, 0.25) is 0 Å².